The van der Waals surface area contributed by atoms with Crippen molar-refractivity contribution in [3.63, 3.8) is 0 Å². The third kappa shape index (κ3) is 5.46. The Morgan fingerprint density at radius 3 is 1.93 bits per heavy atom. The third-order valence-electron chi connectivity index (χ3n) is 12.4. The van der Waals surface area contributed by atoms with Gasteiger partial charge >= 0.3 is 0 Å². The summed E-state index contributed by atoms with van der Waals surface area (Å²) in [5.74, 6) is 2.58. The molecule has 5 aromatic rings. The minimum absolute atomic E-state index is 0.148. The van der Waals surface area contributed by atoms with E-state index in [2.05, 4.69) is 112 Å². The highest BCUT2D eigenvalue weighted by atomic mass is 32.2. The first kappa shape index (κ1) is 35.3. The largest absolute Gasteiger partial charge is 0.497 e. The molecule has 4 aliphatic rings. The topological polar surface area (TPSA) is 40.2 Å². The van der Waals surface area contributed by atoms with Crippen LogP contribution in [-0.2, 0) is 15.8 Å². The number of rotatable bonds is 6. The van der Waals surface area contributed by atoms with E-state index in [-0.39, 0.29) is 16.2 Å². The third-order valence-corrected chi connectivity index (χ3v) is 13.2. The van der Waals surface area contributed by atoms with Gasteiger partial charge in [0, 0.05) is 45.5 Å². The number of hydrogen-bond donors (Lipinski definition) is 0. The van der Waals surface area contributed by atoms with E-state index in [1.165, 1.54) is 50.2 Å². The van der Waals surface area contributed by atoms with E-state index in [1.54, 1.807) is 14.2 Å². The number of morpholine rings is 1. The van der Waals surface area contributed by atoms with E-state index >= 15 is 0 Å². The van der Waals surface area contributed by atoms with Gasteiger partial charge in [-0.3, -0.25) is 0 Å². The first-order chi connectivity index (χ1) is 26.0. The molecule has 5 aromatic carbocycles. The van der Waals surface area contributed by atoms with Crippen LogP contribution < -0.4 is 19.1 Å². The lowest BCUT2D eigenvalue weighted by Crippen LogP contribution is -2.44. The lowest BCUT2D eigenvalue weighted by Gasteiger charge is -2.52. The molecule has 0 radical (unpaired) electrons. The number of fused-ring (bicyclic) bond motifs is 10. The molecule has 9 rings (SSSR count). The Balaban J connectivity index is 1.39. The molecule has 1 spiro atoms. The van der Waals surface area contributed by atoms with Gasteiger partial charge in [0.1, 0.15) is 17.2 Å². The lowest BCUT2D eigenvalue weighted by molar-refractivity contribution is 0.0642. The minimum atomic E-state index is -0.890. The summed E-state index contributed by atoms with van der Waals surface area (Å²) in [5.41, 5.74) is 9.47. The van der Waals surface area contributed by atoms with E-state index in [1.807, 2.05) is 36.0 Å². The molecule has 5 nitrogen and oxygen atoms in total. The first-order valence-electron chi connectivity index (χ1n) is 19.3. The van der Waals surface area contributed by atoms with E-state index < -0.39 is 5.60 Å². The zero-order valence-electron chi connectivity index (χ0n) is 32.7. The molecule has 0 atom stereocenters. The molecule has 1 saturated carbocycles. The van der Waals surface area contributed by atoms with Crippen molar-refractivity contribution < 1.29 is 18.9 Å². The number of nitrogens with zero attached hydrogens (tertiary/aromatic N) is 1. The maximum absolute atomic E-state index is 7.79. The zero-order valence-corrected chi connectivity index (χ0v) is 33.5. The summed E-state index contributed by atoms with van der Waals surface area (Å²) in [6.45, 7) is 13.2. The Kier molecular flexibility index (Phi) is 8.40. The normalized spacial score (nSPS) is 19.9. The monoisotopic (exact) mass is 737 g/mol. The summed E-state index contributed by atoms with van der Waals surface area (Å²) >= 11 is 1.81. The molecule has 0 aromatic heterocycles. The van der Waals surface area contributed by atoms with E-state index in [4.69, 9.17) is 18.9 Å². The van der Waals surface area contributed by atoms with Crippen LogP contribution in [-0.4, -0.2) is 46.8 Å². The molecule has 0 unspecified atom stereocenters. The van der Waals surface area contributed by atoms with Gasteiger partial charge in [-0.1, -0.05) is 82.3 Å². The average Bonchev–Trinajstić information content (AvgIpc) is 3.44. The molecule has 2 heterocycles. The maximum atomic E-state index is 7.79. The van der Waals surface area contributed by atoms with Crippen molar-refractivity contribution in [1.82, 2.24) is 0 Å². The molecular formula is C48H51NO4S. The Hall–Kier alpha value is -4.39. The second kappa shape index (κ2) is 12.8. The van der Waals surface area contributed by atoms with Gasteiger partial charge in [0.2, 0.25) is 0 Å². The van der Waals surface area contributed by atoms with Crippen molar-refractivity contribution in [1.29, 1.82) is 0 Å². The van der Waals surface area contributed by atoms with Gasteiger partial charge in [-0.2, -0.15) is 0 Å². The van der Waals surface area contributed by atoms with Gasteiger partial charge in [0.25, 0.3) is 0 Å². The summed E-state index contributed by atoms with van der Waals surface area (Å²) in [7, 11) is 3.43. The number of thioether (sulfide) groups is 1. The molecule has 0 N–H and O–H groups in total. The van der Waals surface area contributed by atoms with Crippen LogP contribution in [0.15, 0.2) is 95.9 Å². The van der Waals surface area contributed by atoms with Gasteiger partial charge < -0.3 is 23.8 Å². The van der Waals surface area contributed by atoms with E-state index in [9.17, 15) is 0 Å². The second-order valence-electron chi connectivity index (χ2n) is 17.3. The van der Waals surface area contributed by atoms with E-state index in [0.29, 0.717) is 0 Å². The first-order valence-corrected chi connectivity index (χ1v) is 20.6. The van der Waals surface area contributed by atoms with Crippen molar-refractivity contribution in [2.45, 2.75) is 62.9 Å². The fourth-order valence-electron chi connectivity index (χ4n) is 11.0. The fourth-order valence-corrected chi connectivity index (χ4v) is 11.7. The molecule has 2 aliphatic heterocycles. The highest BCUT2D eigenvalue weighted by Gasteiger charge is 2.55. The Morgan fingerprint density at radius 2 is 1.33 bits per heavy atom. The predicted molar refractivity (Wildman–Crippen MR) is 223 cm³/mol. The van der Waals surface area contributed by atoms with Crippen LogP contribution in [0.1, 0.15) is 74.8 Å². The molecular weight excluding hydrogens is 687 g/mol. The molecule has 2 aliphatic carbocycles. The number of benzene rings is 5. The number of ether oxygens (including phenoxy) is 4. The highest BCUT2D eigenvalue weighted by Crippen LogP contribution is 2.67. The Labute approximate surface area is 324 Å². The standard InChI is InChI=1S/C48H51NO4S/c1-45(2)28-46(3,4)30-47(29-45)39-11-9-8-10-35(39)42-37-26-40(49-22-24-52-25-23-49)41(54-7)27-38(37)44-36(43(42)47)20-21-48(53-44,31-12-16-33(50-5)17-13-31)32-14-18-34(51-6)19-15-32/h8-21,26-27H,22-25,28-30H2,1-7H3. The molecule has 1 saturated heterocycles. The van der Waals surface area contributed by atoms with Crippen LogP contribution in [0.25, 0.3) is 28.0 Å². The fraction of sp³-hybridized carbons (Fsp3) is 0.375. The van der Waals surface area contributed by atoms with Crippen molar-refractivity contribution in [3.8, 4) is 28.4 Å². The highest BCUT2D eigenvalue weighted by molar-refractivity contribution is 7.98. The summed E-state index contributed by atoms with van der Waals surface area (Å²) < 4.78 is 24.9. The predicted octanol–water partition coefficient (Wildman–Crippen LogP) is 11.3. The quantitative estimate of drug-likeness (QED) is 0.162. The molecule has 2 fully saturated rings. The second-order valence-corrected chi connectivity index (χ2v) is 18.1. The smallest absolute Gasteiger partial charge is 0.178 e. The zero-order chi connectivity index (χ0) is 37.5. The molecule has 0 amide bonds. The van der Waals surface area contributed by atoms with Gasteiger partial charge in [-0.15, -0.1) is 11.8 Å². The van der Waals surface area contributed by atoms with E-state index in [0.717, 1.165) is 72.9 Å². The SMILES string of the molecule is COc1ccc(C2(c3ccc(OC)cc3)C=Cc3c4c(c5cc(N6CCOCC6)c(SC)cc5c3O2)-c2ccccc2C42CC(C)(C)CC(C)(C)C2)cc1. The van der Waals surface area contributed by atoms with Gasteiger partial charge in [0.05, 0.1) is 33.1 Å². The van der Waals surface area contributed by atoms with Crippen LogP contribution >= 0.6 is 11.8 Å². The molecule has 278 valence electrons. The molecule has 54 heavy (non-hydrogen) atoms. The number of methoxy groups -OCH3 is 2. The van der Waals surface area contributed by atoms with Gasteiger partial charge in [0.15, 0.2) is 5.60 Å². The maximum Gasteiger partial charge on any atom is 0.178 e. The lowest BCUT2D eigenvalue weighted by atomic mass is 9.52. The van der Waals surface area contributed by atoms with Crippen LogP contribution in [0.5, 0.6) is 17.2 Å². The Morgan fingerprint density at radius 1 is 0.722 bits per heavy atom. The van der Waals surface area contributed by atoms with Crippen LogP contribution in [0.3, 0.4) is 0 Å². The van der Waals surface area contributed by atoms with Crippen LogP contribution in [0.4, 0.5) is 5.69 Å². The van der Waals surface area contributed by atoms with Crippen molar-refractivity contribution in [3.05, 3.63) is 119 Å². The number of hydrogen-bond acceptors (Lipinski definition) is 6. The van der Waals surface area contributed by atoms with Crippen molar-refractivity contribution >= 4 is 34.3 Å². The Bertz CT molecular complexity index is 2220. The minimum Gasteiger partial charge on any atom is -0.497 e. The summed E-state index contributed by atoms with van der Waals surface area (Å²) in [6, 6.07) is 30.9. The van der Waals surface area contributed by atoms with Gasteiger partial charge in [-0.25, -0.2) is 0 Å². The van der Waals surface area contributed by atoms with Crippen LogP contribution in [0, 0.1) is 10.8 Å². The van der Waals surface area contributed by atoms with Crippen LogP contribution in [0.2, 0.25) is 0 Å². The van der Waals surface area contributed by atoms with Crippen molar-refractivity contribution in [2.75, 3.05) is 51.7 Å². The average molecular weight is 738 g/mol. The van der Waals surface area contributed by atoms with Crippen molar-refractivity contribution in [2.24, 2.45) is 10.8 Å². The van der Waals surface area contributed by atoms with Gasteiger partial charge in [-0.05, 0) is 106 Å². The summed E-state index contributed by atoms with van der Waals surface area (Å²) in [5, 5.41) is 2.42. The number of anilines is 1. The molecule has 0 bridgehead atoms. The molecule has 6 heteroatoms. The summed E-state index contributed by atoms with van der Waals surface area (Å²) in [6.07, 6.45) is 10.3. The summed E-state index contributed by atoms with van der Waals surface area (Å²) in [4.78, 5) is 3.77.